The molecule has 5 heteroatoms. The second kappa shape index (κ2) is 8.19. The number of urea groups is 1. The number of benzene rings is 1. The van der Waals surface area contributed by atoms with Crippen LogP contribution in [0, 0.1) is 13.8 Å². The highest BCUT2D eigenvalue weighted by atomic mass is 16.2. The molecule has 20 heavy (non-hydrogen) atoms. The molecule has 0 fully saturated rings. The number of carbonyl (C=O) groups excluding carboxylic acids is 2. The molecule has 3 amide bonds. The van der Waals surface area contributed by atoms with Crippen molar-refractivity contribution in [1.82, 2.24) is 5.32 Å². The fourth-order valence-corrected chi connectivity index (χ4v) is 1.88. The van der Waals surface area contributed by atoms with E-state index in [2.05, 4.69) is 10.6 Å². The lowest BCUT2D eigenvalue weighted by molar-refractivity contribution is -0.116. The number of nitrogens with one attached hydrogen (secondary N) is 2. The Morgan fingerprint density at radius 2 is 1.90 bits per heavy atom. The van der Waals surface area contributed by atoms with E-state index in [4.69, 9.17) is 5.73 Å². The zero-order valence-corrected chi connectivity index (χ0v) is 12.2. The Morgan fingerprint density at radius 3 is 2.60 bits per heavy atom. The predicted molar refractivity (Wildman–Crippen MR) is 80.6 cm³/mol. The minimum atomic E-state index is -0.502. The van der Waals surface area contributed by atoms with Crippen molar-refractivity contribution in [2.24, 2.45) is 5.73 Å². The number of anilines is 1. The van der Waals surface area contributed by atoms with Crippen molar-refractivity contribution in [2.45, 2.75) is 39.5 Å². The minimum Gasteiger partial charge on any atom is -0.352 e. The molecule has 0 atom stereocenters. The van der Waals surface area contributed by atoms with Gasteiger partial charge in [-0.15, -0.1) is 0 Å². The van der Waals surface area contributed by atoms with Gasteiger partial charge in [-0.05, 0) is 43.9 Å². The van der Waals surface area contributed by atoms with Gasteiger partial charge in [-0.3, -0.25) is 4.79 Å². The number of hydrogen-bond donors (Lipinski definition) is 3. The Labute approximate surface area is 119 Å². The van der Waals surface area contributed by atoms with Gasteiger partial charge in [0.25, 0.3) is 0 Å². The van der Waals surface area contributed by atoms with Crippen LogP contribution in [0.2, 0.25) is 0 Å². The van der Waals surface area contributed by atoms with Crippen LogP contribution in [0.3, 0.4) is 0 Å². The average Bonchev–Trinajstić information content (AvgIpc) is 2.37. The van der Waals surface area contributed by atoms with Crippen LogP contribution in [0.15, 0.2) is 18.2 Å². The summed E-state index contributed by atoms with van der Waals surface area (Å²) in [7, 11) is 0. The number of aryl methyl sites for hydroxylation is 2. The lowest BCUT2D eigenvalue weighted by Gasteiger charge is -2.09. The summed E-state index contributed by atoms with van der Waals surface area (Å²) in [6.45, 7) is 4.54. The van der Waals surface area contributed by atoms with Gasteiger partial charge in [0, 0.05) is 18.7 Å². The summed E-state index contributed by atoms with van der Waals surface area (Å²) >= 11 is 0. The Hall–Kier alpha value is -2.04. The Balaban J connectivity index is 2.23. The molecule has 0 unspecified atom stereocenters. The van der Waals surface area contributed by atoms with E-state index in [1.807, 2.05) is 32.0 Å². The van der Waals surface area contributed by atoms with Crippen molar-refractivity contribution >= 4 is 17.6 Å². The van der Waals surface area contributed by atoms with Crippen molar-refractivity contribution in [3.05, 3.63) is 29.3 Å². The molecule has 0 saturated carbocycles. The first-order valence-electron chi connectivity index (χ1n) is 6.89. The number of amides is 3. The monoisotopic (exact) mass is 277 g/mol. The lowest BCUT2D eigenvalue weighted by atomic mass is 10.1. The minimum absolute atomic E-state index is 0.0292. The highest BCUT2D eigenvalue weighted by molar-refractivity contribution is 5.91. The largest absolute Gasteiger partial charge is 0.352 e. The number of nitrogens with two attached hydrogens (primary N) is 1. The molecule has 0 saturated heterocycles. The summed E-state index contributed by atoms with van der Waals surface area (Å²) in [4.78, 5) is 22.3. The van der Waals surface area contributed by atoms with E-state index >= 15 is 0 Å². The van der Waals surface area contributed by atoms with Crippen LogP contribution in [0.1, 0.15) is 36.8 Å². The molecule has 1 aromatic rings. The maximum absolute atomic E-state index is 11.8. The van der Waals surface area contributed by atoms with Crippen LogP contribution in [0.25, 0.3) is 0 Å². The molecule has 0 spiro atoms. The maximum atomic E-state index is 11.8. The summed E-state index contributed by atoms with van der Waals surface area (Å²) in [6, 6.07) is 5.50. The summed E-state index contributed by atoms with van der Waals surface area (Å²) < 4.78 is 0. The third-order valence-electron chi connectivity index (χ3n) is 3.05. The van der Waals surface area contributed by atoms with Gasteiger partial charge in [-0.2, -0.15) is 0 Å². The topological polar surface area (TPSA) is 84.2 Å². The van der Waals surface area contributed by atoms with Crippen molar-refractivity contribution in [3.63, 3.8) is 0 Å². The van der Waals surface area contributed by atoms with Gasteiger partial charge < -0.3 is 16.4 Å². The van der Waals surface area contributed by atoms with E-state index in [9.17, 15) is 9.59 Å². The van der Waals surface area contributed by atoms with Gasteiger partial charge in [-0.25, -0.2) is 4.79 Å². The van der Waals surface area contributed by atoms with E-state index in [1.165, 1.54) is 0 Å². The van der Waals surface area contributed by atoms with Gasteiger partial charge in [0.15, 0.2) is 0 Å². The Kier molecular flexibility index (Phi) is 6.56. The number of primary amides is 1. The molecule has 4 N–H and O–H groups in total. The first-order valence-corrected chi connectivity index (χ1v) is 6.89. The van der Waals surface area contributed by atoms with E-state index in [-0.39, 0.29) is 5.91 Å². The molecule has 5 nitrogen and oxygen atoms in total. The van der Waals surface area contributed by atoms with Gasteiger partial charge in [0.05, 0.1) is 0 Å². The van der Waals surface area contributed by atoms with Crippen LogP contribution in [0.4, 0.5) is 10.5 Å². The molecular formula is C15H23N3O2. The molecule has 0 aliphatic carbocycles. The number of rotatable bonds is 7. The Morgan fingerprint density at radius 1 is 1.15 bits per heavy atom. The normalized spacial score (nSPS) is 10.1. The number of hydrogen-bond acceptors (Lipinski definition) is 2. The van der Waals surface area contributed by atoms with Crippen molar-refractivity contribution in [2.75, 3.05) is 11.9 Å². The molecule has 0 bridgehead atoms. The first-order chi connectivity index (χ1) is 9.49. The highest BCUT2D eigenvalue weighted by Crippen LogP contribution is 2.16. The van der Waals surface area contributed by atoms with Crippen LogP contribution in [-0.4, -0.2) is 18.5 Å². The van der Waals surface area contributed by atoms with Crippen molar-refractivity contribution < 1.29 is 9.59 Å². The van der Waals surface area contributed by atoms with E-state index < -0.39 is 6.03 Å². The number of unbranched alkanes of at least 4 members (excludes halogenated alkanes) is 2. The summed E-state index contributed by atoms with van der Waals surface area (Å²) in [6.07, 6.45) is 3.02. The van der Waals surface area contributed by atoms with Crippen molar-refractivity contribution in [1.29, 1.82) is 0 Å². The van der Waals surface area contributed by atoms with Crippen LogP contribution < -0.4 is 16.4 Å². The van der Waals surface area contributed by atoms with Gasteiger partial charge in [0.2, 0.25) is 5.91 Å². The molecular weight excluding hydrogens is 254 g/mol. The fraction of sp³-hybridized carbons (Fsp3) is 0.467. The fourth-order valence-electron chi connectivity index (χ4n) is 1.88. The molecule has 0 aromatic heterocycles. The molecule has 0 radical (unpaired) electrons. The zero-order valence-electron chi connectivity index (χ0n) is 12.2. The zero-order chi connectivity index (χ0) is 15.0. The van der Waals surface area contributed by atoms with Crippen molar-refractivity contribution in [3.8, 4) is 0 Å². The average molecular weight is 277 g/mol. The highest BCUT2D eigenvalue weighted by Gasteiger charge is 2.04. The van der Waals surface area contributed by atoms with Crippen LogP contribution in [0.5, 0.6) is 0 Å². The van der Waals surface area contributed by atoms with Crippen LogP contribution >= 0.6 is 0 Å². The van der Waals surface area contributed by atoms with Gasteiger partial charge >= 0.3 is 6.03 Å². The van der Waals surface area contributed by atoms with E-state index in [0.29, 0.717) is 13.0 Å². The molecule has 1 aromatic carbocycles. The SMILES string of the molecule is Cc1ccc(C)c(NC(=O)CCCCCNC(N)=O)c1. The second-order valence-corrected chi connectivity index (χ2v) is 4.97. The molecule has 0 aliphatic rings. The third-order valence-corrected chi connectivity index (χ3v) is 3.05. The molecule has 0 aliphatic heterocycles. The first kappa shape index (κ1) is 16.0. The molecule has 110 valence electrons. The lowest BCUT2D eigenvalue weighted by Crippen LogP contribution is -2.29. The second-order valence-electron chi connectivity index (χ2n) is 4.97. The quantitative estimate of drug-likeness (QED) is 0.669. The van der Waals surface area contributed by atoms with Crippen LogP contribution in [-0.2, 0) is 4.79 Å². The summed E-state index contributed by atoms with van der Waals surface area (Å²) in [5.74, 6) is 0.0292. The van der Waals surface area contributed by atoms with Gasteiger partial charge in [-0.1, -0.05) is 18.6 Å². The van der Waals surface area contributed by atoms with E-state index in [1.54, 1.807) is 0 Å². The molecule has 1 rings (SSSR count). The summed E-state index contributed by atoms with van der Waals surface area (Å²) in [5.41, 5.74) is 8.03. The third kappa shape index (κ3) is 6.22. The van der Waals surface area contributed by atoms with Gasteiger partial charge in [0.1, 0.15) is 0 Å². The Bertz CT molecular complexity index is 472. The predicted octanol–water partition coefficient (Wildman–Crippen LogP) is 2.47. The molecule has 0 heterocycles. The smallest absolute Gasteiger partial charge is 0.312 e. The standard InChI is InChI=1S/C15H23N3O2/c1-11-7-8-12(2)13(10-11)18-14(19)6-4-3-5-9-17-15(16)20/h7-8,10H,3-6,9H2,1-2H3,(H,18,19)(H3,16,17,20). The maximum Gasteiger partial charge on any atom is 0.312 e. The van der Waals surface area contributed by atoms with E-state index in [0.717, 1.165) is 36.1 Å². The number of carbonyl (C=O) groups is 2. The summed E-state index contributed by atoms with van der Waals surface area (Å²) in [5, 5.41) is 5.46.